The van der Waals surface area contributed by atoms with E-state index in [1.54, 1.807) is 12.1 Å². The van der Waals surface area contributed by atoms with Crippen molar-refractivity contribution in [3.8, 4) is 17.0 Å². The van der Waals surface area contributed by atoms with Crippen LogP contribution in [0.2, 0.25) is 5.02 Å². The lowest BCUT2D eigenvalue weighted by molar-refractivity contribution is -0.110. The summed E-state index contributed by atoms with van der Waals surface area (Å²) < 4.78 is 12.1. The third-order valence-electron chi connectivity index (χ3n) is 5.22. The molecule has 5 rings (SSSR count). The number of nitrogens with zero attached hydrogens (tertiary/aromatic N) is 2. The Balaban J connectivity index is 1.67. The van der Waals surface area contributed by atoms with Crippen LogP contribution in [0.3, 0.4) is 0 Å². The second kappa shape index (κ2) is 6.67. The highest BCUT2D eigenvalue weighted by Crippen LogP contribution is 2.42. The lowest BCUT2D eigenvalue weighted by Gasteiger charge is -2.09. The van der Waals surface area contributed by atoms with Gasteiger partial charge in [-0.15, -0.1) is 0 Å². The summed E-state index contributed by atoms with van der Waals surface area (Å²) in [6, 6.07) is 12.9. The molecule has 0 fully saturated rings. The van der Waals surface area contributed by atoms with Gasteiger partial charge in [0.1, 0.15) is 0 Å². The zero-order valence-corrected chi connectivity index (χ0v) is 16.8. The van der Waals surface area contributed by atoms with Crippen LogP contribution in [0.15, 0.2) is 53.2 Å². The second-order valence-electron chi connectivity index (χ2n) is 6.99. The van der Waals surface area contributed by atoms with Crippen molar-refractivity contribution in [2.75, 3.05) is 12.4 Å². The van der Waals surface area contributed by atoms with Crippen molar-refractivity contribution < 1.29 is 19.2 Å². The van der Waals surface area contributed by atoms with E-state index in [9.17, 15) is 9.90 Å². The molecule has 1 aliphatic rings. The van der Waals surface area contributed by atoms with Crippen molar-refractivity contribution in [3.63, 3.8) is 0 Å². The summed E-state index contributed by atoms with van der Waals surface area (Å²) >= 11 is 6.53. The van der Waals surface area contributed by atoms with Crippen LogP contribution >= 0.6 is 11.6 Å². The number of benzene rings is 2. The number of aliphatic hydroxyl groups is 1. The Morgan fingerprint density at radius 2 is 2.03 bits per heavy atom. The van der Waals surface area contributed by atoms with Gasteiger partial charge in [-0.2, -0.15) is 0 Å². The highest BCUT2D eigenvalue weighted by Gasteiger charge is 2.31. The summed E-state index contributed by atoms with van der Waals surface area (Å²) in [6.45, 7) is 0. The van der Waals surface area contributed by atoms with Gasteiger partial charge in [0.2, 0.25) is 5.76 Å². The minimum absolute atomic E-state index is 0.0343. The number of halogens is 1. The van der Waals surface area contributed by atoms with Gasteiger partial charge < -0.3 is 24.3 Å². The topological polar surface area (TPSA) is 89.5 Å². The van der Waals surface area contributed by atoms with E-state index in [0.717, 1.165) is 22.0 Å². The van der Waals surface area contributed by atoms with Gasteiger partial charge in [-0.3, -0.25) is 4.79 Å². The average molecular weight is 422 g/mol. The number of carbonyl (C=O) groups is 1. The number of aryl methyl sites for hydroxylation is 1. The Morgan fingerprint density at radius 1 is 1.20 bits per heavy atom. The Kier molecular flexibility index (Phi) is 4.08. The molecule has 3 heterocycles. The molecule has 150 valence electrons. The summed E-state index contributed by atoms with van der Waals surface area (Å²) in [6.07, 6.45) is 1.99. The monoisotopic (exact) mass is 421 g/mol. The fourth-order valence-electron chi connectivity index (χ4n) is 3.69. The maximum absolute atomic E-state index is 12.6. The zero-order chi connectivity index (χ0) is 21.0. The molecule has 1 aliphatic heterocycles. The number of fused-ring (bicyclic) bond motifs is 2. The van der Waals surface area contributed by atoms with Gasteiger partial charge in [0.05, 0.1) is 29.5 Å². The van der Waals surface area contributed by atoms with Crippen LogP contribution in [0, 0.1) is 0 Å². The first-order chi connectivity index (χ1) is 14.5. The molecule has 7 nitrogen and oxygen atoms in total. The number of ether oxygens (including phenoxy) is 1. The molecule has 4 aromatic rings. The van der Waals surface area contributed by atoms with Crippen LogP contribution in [-0.4, -0.2) is 27.8 Å². The van der Waals surface area contributed by atoms with Crippen LogP contribution in [0.25, 0.3) is 33.4 Å². The first kappa shape index (κ1) is 18.3. The summed E-state index contributed by atoms with van der Waals surface area (Å²) in [5.74, 6) is -0.547. The van der Waals surface area contributed by atoms with E-state index in [-0.39, 0.29) is 23.0 Å². The molecule has 0 saturated carbocycles. The van der Waals surface area contributed by atoms with E-state index >= 15 is 0 Å². The molecule has 2 aromatic carbocycles. The number of carbonyl (C=O) groups excluding carboxylic acids is 1. The van der Waals surface area contributed by atoms with E-state index < -0.39 is 5.91 Å². The van der Waals surface area contributed by atoms with Crippen LogP contribution in [0.1, 0.15) is 11.3 Å². The van der Waals surface area contributed by atoms with Gasteiger partial charge >= 0.3 is 0 Å². The van der Waals surface area contributed by atoms with Crippen LogP contribution in [0.5, 0.6) is 5.88 Å². The molecule has 2 N–H and O–H groups in total. The van der Waals surface area contributed by atoms with E-state index in [0.29, 0.717) is 16.3 Å². The largest absolute Gasteiger partial charge is 0.504 e. The van der Waals surface area contributed by atoms with Crippen LogP contribution < -0.4 is 10.1 Å². The molecule has 30 heavy (non-hydrogen) atoms. The van der Waals surface area contributed by atoms with E-state index in [1.807, 2.05) is 42.1 Å². The molecule has 0 aliphatic carbocycles. The predicted molar refractivity (Wildman–Crippen MR) is 114 cm³/mol. The van der Waals surface area contributed by atoms with Gasteiger partial charge in [0.25, 0.3) is 11.8 Å². The van der Waals surface area contributed by atoms with Crippen molar-refractivity contribution >= 4 is 45.4 Å². The first-order valence-corrected chi connectivity index (χ1v) is 9.49. The van der Waals surface area contributed by atoms with Crippen LogP contribution in [-0.2, 0) is 11.8 Å². The third-order valence-corrected chi connectivity index (χ3v) is 5.53. The summed E-state index contributed by atoms with van der Waals surface area (Å²) in [5.41, 5.74) is 3.88. The Hall–Kier alpha value is -3.71. The number of amides is 1. The maximum atomic E-state index is 12.6. The minimum Gasteiger partial charge on any atom is -0.504 e. The predicted octanol–water partition coefficient (Wildman–Crippen LogP) is 4.87. The van der Waals surface area contributed by atoms with Gasteiger partial charge in [-0.05, 0) is 41.1 Å². The number of anilines is 1. The van der Waals surface area contributed by atoms with Gasteiger partial charge in [0, 0.05) is 35.3 Å². The number of hydrogen-bond donors (Lipinski definition) is 2. The van der Waals surface area contributed by atoms with Crippen molar-refractivity contribution in [2.45, 2.75) is 0 Å². The quantitative estimate of drug-likeness (QED) is 0.363. The second-order valence-corrected chi connectivity index (χ2v) is 7.40. The molecule has 1 amide bonds. The maximum Gasteiger partial charge on any atom is 0.260 e. The molecular weight excluding hydrogens is 406 g/mol. The summed E-state index contributed by atoms with van der Waals surface area (Å²) in [5, 5.41) is 18.7. The van der Waals surface area contributed by atoms with Crippen molar-refractivity contribution in [3.05, 3.63) is 65.0 Å². The number of hydrogen-bond acceptors (Lipinski definition) is 5. The number of methoxy groups -OCH3 is 1. The first-order valence-electron chi connectivity index (χ1n) is 9.11. The van der Waals surface area contributed by atoms with E-state index in [2.05, 4.69) is 10.5 Å². The zero-order valence-electron chi connectivity index (χ0n) is 16.1. The summed E-state index contributed by atoms with van der Waals surface area (Å²) in [4.78, 5) is 12.6. The molecule has 0 spiro atoms. The van der Waals surface area contributed by atoms with E-state index in [4.69, 9.17) is 20.9 Å². The highest BCUT2D eigenvalue weighted by atomic mass is 35.5. The fourth-order valence-corrected chi connectivity index (χ4v) is 3.96. The smallest absolute Gasteiger partial charge is 0.260 e. The van der Waals surface area contributed by atoms with Crippen LogP contribution in [0.4, 0.5) is 5.69 Å². The van der Waals surface area contributed by atoms with Crippen molar-refractivity contribution in [2.24, 2.45) is 7.05 Å². The molecule has 0 atom stereocenters. The standard InChI is InChI=1S/C22H16ClN3O4/c1-26-6-5-12-7-11(3-4-17(12)26)13-8-14-16(9-15(13)23)24-22(28)20(14)21(27)18-10-19(29-2)25-30-18/h3-10,27H,1-2H3,(H,24,28). The number of aromatic nitrogens is 2. The molecule has 0 unspecified atom stereocenters. The fraction of sp³-hybridized carbons (Fsp3) is 0.0909. The number of nitrogens with one attached hydrogen (secondary N) is 1. The van der Waals surface area contributed by atoms with Crippen molar-refractivity contribution in [1.29, 1.82) is 0 Å². The molecule has 0 bridgehead atoms. The molecule has 0 saturated heterocycles. The molecule has 0 radical (unpaired) electrons. The summed E-state index contributed by atoms with van der Waals surface area (Å²) in [7, 11) is 3.42. The molecule has 2 aromatic heterocycles. The normalized spacial score (nSPS) is 14.7. The number of aliphatic hydroxyl groups excluding tert-OH is 1. The van der Waals surface area contributed by atoms with Gasteiger partial charge in [-0.25, -0.2) is 0 Å². The Bertz CT molecular complexity index is 1370. The number of rotatable bonds is 3. The third kappa shape index (κ3) is 2.74. The van der Waals surface area contributed by atoms with E-state index in [1.165, 1.54) is 13.2 Å². The lowest BCUT2D eigenvalue weighted by Crippen LogP contribution is -2.05. The van der Waals surface area contributed by atoms with Crippen molar-refractivity contribution in [1.82, 2.24) is 9.72 Å². The average Bonchev–Trinajstić information content (AvgIpc) is 3.43. The van der Waals surface area contributed by atoms with Gasteiger partial charge in [-0.1, -0.05) is 17.7 Å². The van der Waals surface area contributed by atoms with Gasteiger partial charge in [0.15, 0.2) is 5.76 Å². The SMILES string of the molecule is COc1cc(C(O)=C2C(=O)Nc3cc(Cl)c(-c4ccc5c(ccn5C)c4)cc32)on1. The Labute approximate surface area is 176 Å². The lowest BCUT2D eigenvalue weighted by atomic mass is 9.97. The minimum atomic E-state index is -0.454. The Morgan fingerprint density at radius 3 is 2.80 bits per heavy atom. The highest BCUT2D eigenvalue weighted by molar-refractivity contribution is 6.38. The molecule has 8 heteroatoms. The molecular formula is C22H16ClN3O4.